The Morgan fingerprint density at radius 1 is 1.14 bits per heavy atom. The molecule has 4 heteroatoms. The molecule has 108 valence electrons. The van der Waals surface area contributed by atoms with E-state index in [-0.39, 0.29) is 5.82 Å². The zero-order chi connectivity index (χ0) is 14.8. The molecule has 0 aliphatic rings. The van der Waals surface area contributed by atoms with Gasteiger partial charge in [0.05, 0.1) is 6.54 Å². The van der Waals surface area contributed by atoms with Crippen LogP contribution >= 0.6 is 11.6 Å². The molecule has 0 saturated heterocycles. The number of nitrogens with one attached hydrogen (secondary N) is 1. The van der Waals surface area contributed by atoms with Gasteiger partial charge in [0.2, 0.25) is 0 Å². The van der Waals surface area contributed by atoms with Gasteiger partial charge < -0.3 is 9.88 Å². The number of hydrogen-bond acceptors (Lipinski definition) is 1. The minimum atomic E-state index is -0.268. The third-order valence-corrected chi connectivity index (χ3v) is 3.81. The molecule has 0 unspecified atom stereocenters. The van der Waals surface area contributed by atoms with Crippen LogP contribution in [0.2, 0.25) is 5.02 Å². The quantitative estimate of drug-likeness (QED) is 0.764. The summed E-state index contributed by atoms with van der Waals surface area (Å²) < 4.78 is 16.0. The van der Waals surface area contributed by atoms with E-state index in [2.05, 4.69) is 28.1 Å². The number of nitrogens with zero attached hydrogens (tertiary/aromatic N) is 1. The summed E-state index contributed by atoms with van der Waals surface area (Å²) in [5.41, 5.74) is 2.95. The second-order valence-corrected chi connectivity index (χ2v) is 5.54. The number of aromatic nitrogens is 1. The molecule has 3 aromatic rings. The Kier molecular flexibility index (Phi) is 3.95. The van der Waals surface area contributed by atoms with Crippen LogP contribution in [0, 0.1) is 5.82 Å². The second-order valence-electron chi connectivity index (χ2n) is 5.10. The van der Waals surface area contributed by atoms with Crippen LogP contribution in [-0.4, -0.2) is 11.6 Å². The van der Waals surface area contributed by atoms with Crippen LogP contribution in [-0.2, 0) is 13.1 Å². The minimum absolute atomic E-state index is 0.268. The Morgan fingerprint density at radius 2 is 2.00 bits per heavy atom. The third-order valence-electron chi connectivity index (χ3n) is 3.58. The van der Waals surface area contributed by atoms with Crippen molar-refractivity contribution < 1.29 is 4.39 Å². The van der Waals surface area contributed by atoms with Crippen molar-refractivity contribution in [3.63, 3.8) is 0 Å². The van der Waals surface area contributed by atoms with E-state index in [0.717, 1.165) is 17.4 Å². The maximum atomic E-state index is 13.9. The fraction of sp³-hybridized carbons (Fsp3) is 0.176. The van der Waals surface area contributed by atoms with Crippen LogP contribution in [0.1, 0.15) is 11.1 Å². The van der Waals surface area contributed by atoms with Gasteiger partial charge in [-0.05, 0) is 42.3 Å². The van der Waals surface area contributed by atoms with E-state index in [0.29, 0.717) is 17.1 Å². The molecule has 1 heterocycles. The van der Waals surface area contributed by atoms with Gasteiger partial charge in [-0.3, -0.25) is 0 Å². The number of hydrogen-bond donors (Lipinski definition) is 1. The summed E-state index contributed by atoms with van der Waals surface area (Å²) in [5.74, 6) is -0.268. The molecule has 2 aromatic carbocycles. The van der Waals surface area contributed by atoms with Crippen LogP contribution in [0.4, 0.5) is 4.39 Å². The Bertz CT molecular complexity index is 780. The average Bonchev–Trinajstić information content (AvgIpc) is 2.85. The average molecular weight is 303 g/mol. The van der Waals surface area contributed by atoms with Gasteiger partial charge in [-0.25, -0.2) is 4.39 Å². The first-order chi connectivity index (χ1) is 10.2. The molecule has 0 amide bonds. The highest BCUT2D eigenvalue weighted by Gasteiger charge is 2.07. The maximum Gasteiger partial charge on any atom is 0.129 e. The van der Waals surface area contributed by atoms with Gasteiger partial charge in [0.1, 0.15) is 5.82 Å². The van der Waals surface area contributed by atoms with Gasteiger partial charge in [0.25, 0.3) is 0 Å². The van der Waals surface area contributed by atoms with Crippen molar-refractivity contribution in [2.45, 2.75) is 13.1 Å². The van der Waals surface area contributed by atoms with E-state index in [4.69, 9.17) is 11.6 Å². The summed E-state index contributed by atoms with van der Waals surface area (Å²) in [4.78, 5) is 0. The van der Waals surface area contributed by atoms with Crippen molar-refractivity contribution in [2.75, 3.05) is 7.05 Å². The normalized spacial score (nSPS) is 11.2. The van der Waals surface area contributed by atoms with Gasteiger partial charge in [-0.1, -0.05) is 29.8 Å². The molecule has 21 heavy (non-hydrogen) atoms. The fourth-order valence-corrected chi connectivity index (χ4v) is 2.67. The Hall–Kier alpha value is -1.84. The molecule has 3 rings (SSSR count). The van der Waals surface area contributed by atoms with E-state index < -0.39 is 0 Å². The van der Waals surface area contributed by atoms with Gasteiger partial charge in [0, 0.05) is 28.8 Å². The SMILES string of the molecule is CNCc1ccc2ccn(Cc3ccc(Cl)cc3F)c2c1. The number of halogens is 2. The van der Waals surface area contributed by atoms with E-state index in [1.165, 1.54) is 11.6 Å². The minimum Gasteiger partial charge on any atom is -0.343 e. The fourth-order valence-electron chi connectivity index (χ4n) is 2.51. The van der Waals surface area contributed by atoms with E-state index in [1.807, 2.05) is 19.3 Å². The van der Waals surface area contributed by atoms with Crippen LogP contribution in [0.25, 0.3) is 10.9 Å². The molecule has 0 aliphatic carbocycles. The highest BCUT2D eigenvalue weighted by molar-refractivity contribution is 6.30. The second kappa shape index (κ2) is 5.88. The van der Waals surface area contributed by atoms with Crippen LogP contribution in [0.15, 0.2) is 48.7 Å². The topological polar surface area (TPSA) is 17.0 Å². The number of benzene rings is 2. The molecule has 0 aliphatic heterocycles. The number of fused-ring (bicyclic) bond motifs is 1. The Morgan fingerprint density at radius 3 is 2.76 bits per heavy atom. The summed E-state index contributed by atoms with van der Waals surface area (Å²) >= 11 is 5.80. The van der Waals surface area contributed by atoms with Gasteiger partial charge >= 0.3 is 0 Å². The first-order valence-corrected chi connectivity index (χ1v) is 7.21. The van der Waals surface area contributed by atoms with Crippen molar-refractivity contribution in [1.29, 1.82) is 0 Å². The third kappa shape index (κ3) is 2.94. The Balaban J connectivity index is 1.98. The zero-order valence-corrected chi connectivity index (χ0v) is 12.5. The standard InChI is InChI=1S/C17H16ClFN2/c1-20-10-12-2-3-13-6-7-21(17(13)8-12)11-14-4-5-15(18)9-16(14)19/h2-9,20H,10-11H2,1H3. The molecule has 0 saturated carbocycles. The molecule has 0 radical (unpaired) electrons. The molecule has 0 fully saturated rings. The lowest BCUT2D eigenvalue weighted by Gasteiger charge is -2.08. The molecule has 1 aromatic heterocycles. The van der Waals surface area contributed by atoms with Crippen LogP contribution in [0.3, 0.4) is 0 Å². The van der Waals surface area contributed by atoms with Crippen molar-refractivity contribution >= 4 is 22.5 Å². The summed E-state index contributed by atoms with van der Waals surface area (Å²) in [5, 5.41) is 4.72. The van der Waals surface area contributed by atoms with Crippen molar-refractivity contribution in [2.24, 2.45) is 0 Å². The molecular formula is C17H16ClFN2. The molecular weight excluding hydrogens is 287 g/mol. The molecule has 2 nitrogen and oxygen atoms in total. The van der Waals surface area contributed by atoms with Crippen LogP contribution < -0.4 is 5.32 Å². The lowest BCUT2D eigenvalue weighted by Crippen LogP contribution is -2.05. The van der Waals surface area contributed by atoms with E-state index in [9.17, 15) is 4.39 Å². The summed E-state index contributed by atoms with van der Waals surface area (Å²) in [6.45, 7) is 1.31. The first kappa shape index (κ1) is 14.1. The van der Waals surface area contributed by atoms with E-state index in [1.54, 1.807) is 12.1 Å². The lowest BCUT2D eigenvalue weighted by molar-refractivity contribution is 0.602. The lowest BCUT2D eigenvalue weighted by atomic mass is 10.1. The van der Waals surface area contributed by atoms with E-state index >= 15 is 0 Å². The summed E-state index contributed by atoms with van der Waals surface area (Å²) in [7, 11) is 1.92. The number of rotatable bonds is 4. The maximum absolute atomic E-state index is 13.9. The summed E-state index contributed by atoms with van der Waals surface area (Å²) in [6.07, 6.45) is 1.99. The monoisotopic (exact) mass is 302 g/mol. The van der Waals surface area contributed by atoms with Crippen LogP contribution in [0.5, 0.6) is 0 Å². The molecule has 0 atom stereocenters. The molecule has 1 N–H and O–H groups in total. The highest BCUT2D eigenvalue weighted by Crippen LogP contribution is 2.21. The van der Waals surface area contributed by atoms with Gasteiger partial charge in [-0.2, -0.15) is 0 Å². The zero-order valence-electron chi connectivity index (χ0n) is 11.7. The highest BCUT2D eigenvalue weighted by atomic mass is 35.5. The smallest absolute Gasteiger partial charge is 0.129 e. The molecule has 0 bridgehead atoms. The van der Waals surface area contributed by atoms with Crippen molar-refractivity contribution in [1.82, 2.24) is 9.88 Å². The predicted octanol–water partition coefficient (Wildman–Crippen LogP) is 4.20. The predicted molar refractivity (Wildman–Crippen MR) is 85.2 cm³/mol. The van der Waals surface area contributed by atoms with Gasteiger partial charge in [0.15, 0.2) is 0 Å². The van der Waals surface area contributed by atoms with Crippen molar-refractivity contribution in [3.8, 4) is 0 Å². The first-order valence-electron chi connectivity index (χ1n) is 6.83. The largest absolute Gasteiger partial charge is 0.343 e. The Labute approximate surface area is 128 Å². The van der Waals surface area contributed by atoms with Gasteiger partial charge in [-0.15, -0.1) is 0 Å². The molecule has 0 spiro atoms. The van der Waals surface area contributed by atoms with Crippen molar-refractivity contribution in [3.05, 3.63) is 70.6 Å². The summed E-state index contributed by atoms with van der Waals surface area (Å²) in [6, 6.07) is 13.2.